The quantitative estimate of drug-likeness (QED) is 0.720. The third kappa shape index (κ3) is 4.38. The van der Waals surface area contributed by atoms with Crippen LogP contribution in [-0.2, 0) is 4.74 Å². The summed E-state index contributed by atoms with van der Waals surface area (Å²) in [4.78, 5) is 0. The van der Waals surface area contributed by atoms with E-state index in [1.54, 1.807) is 19.2 Å². The lowest BCUT2D eigenvalue weighted by atomic mass is 10.0. The van der Waals surface area contributed by atoms with Crippen molar-refractivity contribution in [3.8, 4) is 0 Å². The first kappa shape index (κ1) is 14.0. The normalized spacial score (nSPS) is 13.0. The summed E-state index contributed by atoms with van der Waals surface area (Å²) in [5.41, 5.74) is 6.57. The van der Waals surface area contributed by atoms with Gasteiger partial charge in [0.2, 0.25) is 0 Å². The Balaban J connectivity index is 2.62. The third-order valence-corrected chi connectivity index (χ3v) is 2.52. The van der Waals surface area contributed by atoms with E-state index in [-0.39, 0.29) is 11.6 Å². The van der Waals surface area contributed by atoms with Gasteiger partial charge in [-0.3, -0.25) is 0 Å². The second kappa shape index (κ2) is 7.32. The van der Waals surface area contributed by atoms with E-state index in [1.165, 1.54) is 12.1 Å². The van der Waals surface area contributed by atoms with E-state index in [9.17, 15) is 8.78 Å². The highest BCUT2D eigenvalue weighted by atomic mass is 19.3. The highest BCUT2D eigenvalue weighted by Gasteiger charge is 2.11. The Kier molecular flexibility index (Phi) is 6.04. The number of nitrogens with two attached hydrogens (primary N) is 1. The maximum atomic E-state index is 12.4. The van der Waals surface area contributed by atoms with Crippen LogP contribution in [0.2, 0.25) is 0 Å². The molecular weight excluding hydrogens is 226 g/mol. The first-order chi connectivity index (χ1) is 8.19. The molecule has 1 aromatic rings. The van der Waals surface area contributed by atoms with Crippen LogP contribution < -0.4 is 11.1 Å². The zero-order chi connectivity index (χ0) is 12.7. The van der Waals surface area contributed by atoms with Crippen molar-refractivity contribution < 1.29 is 13.5 Å². The average molecular weight is 244 g/mol. The number of hydrogen-bond acceptors (Lipinski definition) is 3. The second-order valence-corrected chi connectivity index (χ2v) is 3.70. The molecule has 0 amide bonds. The van der Waals surface area contributed by atoms with Crippen molar-refractivity contribution in [2.24, 2.45) is 5.73 Å². The molecule has 0 spiro atoms. The van der Waals surface area contributed by atoms with Gasteiger partial charge in [0.05, 0.1) is 6.61 Å². The molecule has 0 aromatic heterocycles. The number of alkyl halides is 2. The Bertz CT molecular complexity index is 317. The van der Waals surface area contributed by atoms with Crippen LogP contribution in [-0.4, -0.2) is 26.8 Å². The molecule has 1 rings (SSSR count). The van der Waals surface area contributed by atoms with Crippen molar-refractivity contribution in [3.05, 3.63) is 35.4 Å². The number of nitrogens with one attached hydrogen (secondary N) is 1. The van der Waals surface area contributed by atoms with Gasteiger partial charge in [-0.05, 0) is 5.56 Å². The van der Waals surface area contributed by atoms with Crippen LogP contribution >= 0.6 is 0 Å². The molecule has 0 aliphatic carbocycles. The minimum atomic E-state index is -2.43. The summed E-state index contributed by atoms with van der Waals surface area (Å²) in [6.07, 6.45) is -2.43. The van der Waals surface area contributed by atoms with Crippen molar-refractivity contribution in [1.82, 2.24) is 5.32 Å². The van der Waals surface area contributed by atoms with E-state index in [0.717, 1.165) is 5.56 Å². The van der Waals surface area contributed by atoms with Crippen LogP contribution in [0.25, 0.3) is 0 Å². The van der Waals surface area contributed by atoms with E-state index in [0.29, 0.717) is 19.7 Å². The fourth-order valence-electron chi connectivity index (χ4n) is 1.55. The maximum absolute atomic E-state index is 12.4. The summed E-state index contributed by atoms with van der Waals surface area (Å²) in [5, 5.41) is 3.20. The molecule has 0 fully saturated rings. The molecule has 0 bridgehead atoms. The van der Waals surface area contributed by atoms with E-state index in [2.05, 4.69) is 5.32 Å². The SMILES string of the molecule is COCCNC(CN)c1ccc(C(F)F)cc1. The van der Waals surface area contributed by atoms with Crippen LogP contribution in [0.1, 0.15) is 23.6 Å². The molecule has 0 aliphatic rings. The molecule has 3 nitrogen and oxygen atoms in total. The lowest BCUT2D eigenvalue weighted by Crippen LogP contribution is -2.30. The van der Waals surface area contributed by atoms with Gasteiger partial charge in [0.1, 0.15) is 0 Å². The van der Waals surface area contributed by atoms with Crippen molar-refractivity contribution in [1.29, 1.82) is 0 Å². The molecule has 96 valence electrons. The summed E-state index contributed by atoms with van der Waals surface area (Å²) >= 11 is 0. The Labute approximate surface area is 100.0 Å². The number of hydrogen-bond donors (Lipinski definition) is 2. The number of methoxy groups -OCH3 is 1. The smallest absolute Gasteiger partial charge is 0.263 e. The average Bonchev–Trinajstić information content (AvgIpc) is 2.35. The van der Waals surface area contributed by atoms with Gasteiger partial charge in [-0.15, -0.1) is 0 Å². The molecule has 5 heteroatoms. The van der Waals surface area contributed by atoms with E-state index in [1.807, 2.05) is 0 Å². The van der Waals surface area contributed by atoms with Gasteiger partial charge < -0.3 is 15.8 Å². The van der Waals surface area contributed by atoms with Crippen LogP contribution in [0, 0.1) is 0 Å². The fourth-order valence-corrected chi connectivity index (χ4v) is 1.55. The summed E-state index contributed by atoms with van der Waals surface area (Å²) in [5.74, 6) is 0. The summed E-state index contributed by atoms with van der Waals surface area (Å²) in [7, 11) is 1.62. The van der Waals surface area contributed by atoms with Crippen LogP contribution in [0.3, 0.4) is 0 Å². The monoisotopic (exact) mass is 244 g/mol. The molecule has 0 radical (unpaired) electrons. The topological polar surface area (TPSA) is 47.3 Å². The lowest BCUT2D eigenvalue weighted by molar-refractivity contribution is 0.151. The minimum Gasteiger partial charge on any atom is -0.383 e. The predicted molar refractivity (Wildman–Crippen MR) is 63.1 cm³/mol. The standard InChI is InChI=1S/C12H18F2N2O/c1-17-7-6-16-11(8-15)9-2-4-10(5-3-9)12(13)14/h2-5,11-12,16H,6-8,15H2,1H3. The van der Waals surface area contributed by atoms with Gasteiger partial charge in [-0.1, -0.05) is 24.3 Å². The van der Waals surface area contributed by atoms with Gasteiger partial charge in [0.15, 0.2) is 0 Å². The molecular formula is C12H18F2N2O. The number of halogens is 2. The molecule has 1 unspecified atom stereocenters. The highest BCUT2D eigenvalue weighted by Crippen LogP contribution is 2.20. The Morgan fingerprint density at radius 1 is 1.24 bits per heavy atom. The summed E-state index contributed by atoms with van der Waals surface area (Å²) in [6.45, 7) is 1.68. The van der Waals surface area contributed by atoms with Gasteiger partial charge in [-0.2, -0.15) is 0 Å². The summed E-state index contributed by atoms with van der Waals surface area (Å²) in [6, 6.07) is 6.19. The van der Waals surface area contributed by atoms with Gasteiger partial charge >= 0.3 is 0 Å². The van der Waals surface area contributed by atoms with Crippen LogP contribution in [0.15, 0.2) is 24.3 Å². The summed E-state index contributed by atoms with van der Waals surface area (Å²) < 4.78 is 29.7. The zero-order valence-corrected chi connectivity index (χ0v) is 9.83. The predicted octanol–water partition coefficient (Wildman–Crippen LogP) is 1.86. The molecule has 1 atom stereocenters. The van der Waals surface area contributed by atoms with Gasteiger partial charge in [0, 0.05) is 31.8 Å². The Hall–Kier alpha value is -1.04. The molecule has 0 saturated heterocycles. The van der Waals surface area contributed by atoms with Gasteiger partial charge in [-0.25, -0.2) is 8.78 Å². The van der Waals surface area contributed by atoms with Gasteiger partial charge in [0.25, 0.3) is 6.43 Å². The van der Waals surface area contributed by atoms with E-state index in [4.69, 9.17) is 10.5 Å². The second-order valence-electron chi connectivity index (χ2n) is 3.70. The van der Waals surface area contributed by atoms with Crippen LogP contribution in [0.4, 0.5) is 8.78 Å². The molecule has 1 aromatic carbocycles. The molecule has 0 aliphatic heterocycles. The largest absolute Gasteiger partial charge is 0.383 e. The molecule has 0 saturated carbocycles. The Morgan fingerprint density at radius 3 is 2.29 bits per heavy atom. The minimum absolute atomic E-state index is 0.0291. The molecule has 17 heavy (non-hydrogen) atoms. The van der Waals surface area contributed by atoms with Crippen molar-refractivity contribution >= 4 is 0 Å². The zero-order valence-electron chi connectivity index (χ0n) is 9.83. The van der Waals surface area contributed by atoms with E-state index < -0.39 is 6.43 Å². The number of benzene rings is 1. The molecule has 3 N–H and O–H groups in total. The van der Waals surface area contributed by atoms with Crippen LogP contribution in [0.5, 0.6) is 0 Å². The van der Waals surface area contributed by atoms with Crippen molar-refractivity contribution in [2.75, 3.05) is 26.8 Å². The highest BCUT2D eigenvalue weighted by molar-refractivity contribution is 5.26. The first-order valence-electron chi connectivity index (χ1n) is 5.49. The maximum Gasteiger partial charge on any atom is 0.263 e. The number of ether oxygens (including phenoxy) is 1. The van der Waals surface area contributed by atoms with Crippen molar-refractivity contribution in [2.45, 2.75) is 12.5 Å². The fraction of sp³-hybridized carbons (Fsp3) is 0.500. The first-order valence-corrected chi connectivity index (χ1v) is 5.49. The Morgan fingerprint density at radius 2 is 1.82 bits per heavy atom. The molecule has 0 heterocycles. The van der Waals surface area contributed by atoms with Crippen molar-refractivity contribution in [3.63, 3.8) is 0 Å². The lowest BCUT2D eigenvalue weighted by Gasteiger charge is -2.17. The van der Waals surface area contributed by atoms with E-state index >= 15 is 0 Å². The third-order valence-electron chi connectivity index (χ3n) is 2.52. The number of rotatable bonds is 7.